The van der Waals surface area contributed by atoms with Crippen LogP contribution < -0.4 is 5.69 Å². The molecule has 6 nitrogen and oxygen atoms in total. The zero-order chi connectivity index (χ0) is 23.8. The van der Waals surface area contributed by atoms with Crippen molar-refractivity contribution in [3.8, 4) is 22.3 Å². The lowest BCUT2D eigenvalue weighted by Crippen LogP contribution is -2.38. The van der Waals surface area contributed by atoms with Crippen LogP contribution in [-0.2, 0) is 6.54 Å². The maximum atomic E-state index is 13.3. The van der Waals surface area contributed by atoms with Crippen LogP contribution in [0.25, 0.3) is 27.9 Å². The SMILES string of the molecule is CC(C)CN1CCCC1Cn1nc2c(-c3ccc(Cl)cc3)c(-c3ccc(Cl)cc3)cnn2c1=O. The molecule has 1 atom stereocenters. The molecule has 0 N–H and O–H groups in total. The Morgan fingerprint density at radius 1 is 1.00 bits per heavy atom. The van der Waals surface area contributed by atoms with Gasteiger partial charge in [0.05, 0.1) is 12.7 Å². The fraction of sp³-hybridized carbons (Fsp3) is 0.346. The van der Waals surface area contributed by atoms with E-state index in [0.29, 0.717) is 34.2 Å². The largest absolute Gasteiger partial charge is 0.367 e. The molecule has 0 bridgehead atoms. The van der Waals surface area contributed by atoms with E-state index in [1.54, 1.807) is 10.9 Å². The summed E-state index contributed by atoms with van der Waals surface area (Å²) in [7, 11) is 0. The smallest absolute Gasteiger partial charge is 0.298 e. The van der Waals surface area contributed by atoms with E-state index in [2.05, 4.69) is 23.8 Å². The third-order valence-corrected chi connectivity index (χ3v) is 6.89. The van der Waals surface area contributed by atoms with Gasteiger partial charge >= 0.3 is 5.69 Å². The zero-order valence-electron chi connectivity index (χ0n) is 19.3. The monoisotopic (exact) mass is 495 g/mol. The van der Waals surface area contributed by atoms with Crippen LogP contribution in [0.4, 0.5) is 0 Å². The molecule has 1 saturated heterocycles. The first-order chi connectivity index (χ1) is 16.4. The molecule has 8 heteroatoms. The van der Waals surface area contributed by atoms with E-state index in [4.69, 9.17) is 28.3 Å². The van der Waals surface area contributed by atoms with Gasteiger partial charge in [0.15, 0.2) is 5.65 Å². The highest BCUT2D eigenvalue weighted by Gasteiger charge is 2.27. The molecule has 0 radical (unpaired) electrons. The zero-order valence-corrected chi connectivity index (χ0v) is 20.8. The Balaban J connectivity index is 1.64. The maximum Gasteiger partial charge on any atom is 0.367 e. The van der Waals surface area contributed by atoms with Crippen LogP contribution in [0.5, 0.6) is 0 Å². The number of aromatic nitrogens is 4. The standard InChI is InChI=1S/C26H27Cl2N5O/c1-17(2)15-31-13-3-4-22(31)16-32-26(34)33-25(30-32)24(19-7-11-21(28)12-8-19)23(14-29-33)18-5-9-20(27)10-6-18/h5-12,14,17,22H,3-4,13,15-16H2,1-2H3. The number of nitrogens with zero attached hydrogens (tertiary/aromatic N) is 5. The van der Waals surface area contributed by atoms with Crippen molar-refractivity contribution in [2.75, 3.05) is 13.1 Å². The van der Waals surface area contributed by atoms with Crippen LogP contribution >= 0.6 is 23.2 Å². The van der Waals surface area contributed by atoms with Gasteiger partial charge in [0, 0.05) is 33.8 Å². The summed E-state index contributed by atoms with van der Waals surface area (Å²) >= 11 is 12.3. The molecule has 1 fully saturated rings. The highest BCUT2D eigenvalue weighted by Crippen LogP contribution is 2.35. The van der Waals surface area contributed by atoms with E-state index in [1.807, 2.05) is 48.5 Å². The van der Waals surface area contributed by atoms with Crippen molar-refractivity contribution in [3.63, 3.8) is 0 Å². The van der Waals surface area contributed by atoms with Gasteiger partial charge in [-0.3, -0.25) is 4.90 Å². The molecule has 5 rings (SSSR count). The molecule has 1 aliphatic heterocycles. The second-order valence-electron chi connectivity index (χ2n) is 9.33. The van der Waals surface area contributed by atoms with E-state index in [0.717, 1.165) is 48.2 Å². The minimum atomic E-state index is -0.218. The van der Waals surface area contributed by atoms with Gasteiger partial charge in [0.25, 0.3) is 0 Å². The van der Waals surface area contributed by atoms with Crippen molar-refractivity contribution in [2.24, 2.45) is 5.92 Å². The fourth-order valence-corrected chi connectivity index (χ4v) is 5.09. The fourth-order valence-electron chi connectivity index (χ4n) is 4.84. The van der Waals surface area contributed by atoms with Crippen molar-refractivity contribution >= 4 is 28.8 Å². The molecular formula is C26H27Cl2N5O. The van der Waals surface area contributed by atoms with Crippen molar-refractivity contribution in [2.45, 2.75) is 39.3 Å². The molecule has 3 heterocycles. The predicted octanol–water partition coefficient (Wildman–Crippen LogP) is 5.65. The molecule has 2 aromatic heterocycles. The number of hydrogen-bond donors (Lipinski definition) is 0. The first-order valence-corrected chi connectivity index (χ1v) is 12.4. The lowest BCUT2D eigenvalue weighted by molar-refractivity contribution is 0.203. The highest BCUT2D eigenvalue weighted by atomic mass is 35.5. The third kappa shape index (κ3) is 4.50. The quantitative estimate of drug-likeness (QED) is 0.346. The summed E-state index contributed by atoms with van der Waals surface area (Å²) in [5.41, 5.74) is 3.91. The van der Waals surface area contributed by atoms with E-state index in [1.165, 1.54) is 4.52 Å². The number of fused-ring (bicyclic) bond motifs is 1. The Bertz CT molecular complexity index is 1360. The van der Waals surface area contributed by atoms with Crippen LogP contribution in [0.3, 0.4) is 0 Å². The highest BCUT2D eigenvalue weighted by molar-refractivity contribution is 6.31. The first kappa shape index (κ1) is 23.1. The number of likely N-dealkylation sites (tertiary alicyclic amines) is 1. The molecule has 176 valence electrons. The predicted molar refractivity (Wildman–Crippen MR) is 138 cm³/mol. The lowest BCUT2D eigenvalue weighted by atomic mass is 9.97. The van der Waals surface area contributed by atoms with Gasteiger partial charge in [-0.25, -0.2) is 9.48 Å². The molecule has 1 unspecified atom stereocenters. The van der Waals surface area contributed by atoms with Gasteiger partial charge in [-0.2, -0.15) is 9.61 Å². The van der Waals surface area contributed by atoms with Crippen LogP contribution in [0.15, 0.2) is 59.5 Å². The average molecular weight is 496 g/mol. The number of halogens is 2. The van der Waals surface area contributed by atoms with Crippen molar-refractivity contribution in [1.29, 1.82) is 0 Å². The Morgan fingerprint density at radius 2 is 1.65 bits per heavy atom. The average Bonchev–Trinajstić information content (AvgIpc) is 3.38. The number of benzene rings is 2. The Hall–Kier alpha value is -2.67. The van der Waals surface area contributed by atoms with E-state index < -0.39 is 0 Å². The molecular weight excluding hydrogens is 469 g/mol. The third-order valence-electron chi connectivity index (χ3n) is 6.38. The first-order valence-electron chi connectivity index (χ1n) is 11.7. The summed E-state index contributed by atoms with van der Waals surface area (Å²) in [6.45, 7) is 7.12. The van der Waals surface area contributed by atoms with Gasteiger partial charge in [-0.15, -0.1) is 5.10 Å². The van der Waals surface area contributed by atoms with Crippen molar-refractivity contribution < 1.29 is 0 Å². The summed E-state index contributed by atoms with van der Waals surface area (Å²) in [5, 5.41) is 10.6. The molecule has 0 amide bonds. The summed E-state index contributed by atoms with van der Waals surface area (Å²) in [6, 6.07) is 15.5. The molecule has 0 aliphatic carbocycles. The topological polar surface area (TPSA) is 55.4 Å². The molecule has 0 saturated carbocycles. The van der Waals surface area contributed by atoms with Gasteiger partial charge < -0.3 is 0 Å². The molecule has 1 aliphatic rings. The van der Waals surface area contributed by atoms with Crippen molar-refractivity contribution in [1.82, 2.24) is 24.3 Å². The molecule has 4 aromatic rings. The lowest BCUT2D eigenvalue weighted by Gasteiger charge is -2.25. The van der Waals surface area contributed by atoms with E-state index in [-0.39, 0.29) is 5.69 Å². The number of rotatable bonds is 6. The summed E-state index contributed by atoms with van der Waals surface area (Å²) in [5.74, 6) is 0.582. The van der Waals surface area contributed by atoms with E-state index in [9.17, 15) is 4.79 Å². The Labute approximate surface area is 208 Å². The number of hydrogen-bond acceptors (Lipinski definition) is 4. The molecule has 2 aromatic carbocycles. The Morgan fingerprint density at radius 3 is 2.29 bits per heavy atom. The molecule has 34 heavy (non-hydrogen) atoms. The minimum absolute atomic E-state index is 0.218. The van der Waals surface area contributed by atoms with Gasteiger partial charge in [-0.1, -0.05) is 61.3 Å². The second kappa shape index (κ2) is 9.53. The summed E-state index contributed by atoms with van der Waals surface area (Å²) < 4.78 is 2.99. The van der Waals surface area contributed by atoms with E-state index >= 15 is 0 Å². The van der Waals surface area contributed by atoms with Crippen LogP contribution in [0.1, 0.15) is 26.7 Å². The van der Waals surface area contributed by atoms with Gasteiger partial charge in [0.2, 0.25) is 0 Å². The van der Waals surface area contributed by atoms with Crippen molar-refractivity contribution in [3.05, 3.63) is 75.3 Å². The maximum absolute atomic E-state index is 13.3. The van der Waals surface area contributed by atoms with Gasteiger partial charge in [0.1, 0.15) is 0 Å². The van der Waals surface area contributed by atoms with Crippen LogP contribution in [0.2, 0.25) is 10.0 Å². The second-order valence-corrected chi connectivity index (χ2v) is 10.2. The van der Waals surface area contributed by atoms with Gasteiger partial charge in [-0.05, 0) is 60.7 Å². The Kier molecular flexibility index (Phi) is 6.47. The molecule has 0 spiro atoms. The van der Waals surface area contributed by atoms with Crippen LogP contribution in [0, 0.1) is 5.92 Å². The summed E-state index contributed by atoms with van der Waals surface area (Å²) in [6.07, 6.45) is 3.95. The summed E-state index contributed by atoms with van der Waals surface area (Å²) in [4.78, 5) is 15.8. The minimum Gasteiger partial charge on any atom is -0.298 e. The van der Waals surface area contributed by atoms with Crippen LogP contribution in [-0.4, -0.2) is 43.4 Å². The normalized spacial score (nSPS) is 16.7.